The van der Waals surface area contributed by atoms with E-state index in [0.717, 1.165) is 22.5 Å². The molecule has 1 aliphatic heterocycles. The van der Waals surface area contributed by atoms with Gasteiger partial charge < -0.3 is 4.90 Å². The molecule has 3 aromatic rings. The van der Waals surface area contributed by atoms with E-state index in [2.05, 4.69) is 15.3 Å². The van der Waals surface area contributed by atoms with Crippen LogP contribution in [0.25, 0.3) is 16.9 Å². The number of rotatable bonds is 4. The number of aromatic nitrogens is 4. The maximum absolute atomic E-state index is 12.6. The van der Waals surface area contributed by atoms with Crippen molar-refractivity contribution in [1.82, 2.24) is 24.9 Å². The molecule has 3 heterocycles. The standard InChI is InChI=1S/C18H15F2N5O/c1-11-17(22-23-25(11)14-3-2-6-21-8-14)12-4-5-15-13(7-12)9-24(18(15)26)10-16(19)20/h2-8,16H,9-10H2,1H3. The summed E-state index contributed by atoms with van der Waals surface area (Å²) in [6.45, 7) is 1.52. The van der Waals surface area contributed by atoms with E-state index < -0.39 is 13.0 Å². The smallest absolute Gasteiger partial charge is 0.255 e. The van der Waals surface area contributed by atoms with Gasteiger partial charge in [0.1, 0.15) is 5.69 Å². The molecule has 6 nitrogen and oxygen atoms in total. The second-order valence-electron chi connectivity index (χ2n) is 6.10. The highest BCUT2D eigenvalue weighted by Crippen LogP contribution is 2.29. The van der Waals surface area contributed by atoms with Crippen molar-refractivity contribution in [1.29, 1.82) is 0 Å². The predicted octanol–water partition coefficient (Wildman–Crippen LogP) is 2.86. The number of hydrogen-bond donors (Lipinski definition) is 0. The number of benzene rings is 1. The molecule has 2 aromatic heterocycles. The molecule has 1 aromatic carbocycles. The Bertz CT molecular complexity index is 971. The van der Waals surface area contributed by atoms with E-state index in [-0.39, 0.29) is 12.5 Å². The van der Waals surface area contributed by atoms with Gasteiger partial charge in [-0.25, -0.2) is 13.5 Å². The highest BCUT2D eigenvalue weighted by atomic mass is 19.3. The van der Waals surface area contributed by atoms with E-state index in [9.17, 15) is 13.6 Å². The first-order valence-corrected chi connectivity index (χ1v) is 8.08. The van der Waals surface area contributed by atoms with Gasteiger partial charge in [0.15, 0.2) is 0 Å². The monoisotopic (exact) mass is 355 g/mol. The van der Waals surface area contributed by atoms with Crippen LogP contribution in [-0.4, -0.2) is 43.8 Å². The Labute approximate surface area is 148 Å². The predicted molar refractivity (Wildman–Crippen MR) is 90.1 cm³/mol. The van der Waals surface area contributed by atoms with Crippen LogP contribution < -0.4 is 0 Å². The van der Waals surface area contributed by atoms with E-state index >= 15 is 0 Å². The highest BCUT2D eigenvalue weighted by Gasteiger charge is 2.29. The topological polar surface area (TPSA) is 63.9 Å². The van der Waals surface area contributed by atoms with Crippen LogP contribution in [-0.2, 0) is 6.54 Å². The van der Waals surface area contributed by atoms with Crippen molar-refractivity contribution >= 4 is 5.91 Å². The van der Waals surface area contributed by atoms with Crippen LogP contribution in [0.2, 0.25) is 0 Å². The molecule has 8 heteroatoms. The SMILES string of the molecule is Cc1c(-c2ccc3c(c2)CN(CC(F)F)C3=O)nnn1-c1cccnc1. The van der Waals surface area contributed by atoms with Gasteiger partial charge in [0.2, 0.25) is 0 Å². The molecule has 0 fully saturated rings. The van der Waals surface area contributed by atoms with Crippen LogP contribution >= 0.6 is 0 Å². The average Bonchev–Trinajstić information content (AvgIpc) is 3.15. The van der Waals surface area contributed by atoms with Gasteiger partial charge in [0, 0.05) is 23.9 Å². The van der Waals surface area contributed by atoms with Crippen molar-refractivity contribution in [3.05, 3.63) is 59.5 Å². The Morgan fingerprint density at radius 2 is 2.12 bits per heavy atom. The van der Waals surface area contributed by atoms with Gasteiger partial charge in [-0.1, -0.05) is 11.3 Å². The first-order chi connectivity index (χ1) is 12.5. The summed E-state index contributed by atoms with van der Waals surface area (Å²) >= 11 is 0. The molecule has 0 saturated carbocycles. The van der Waals surface area contributed by atoms with Crippen LogP contribution in [0.3, 0.4) is 0 Å². The third-order valence-corrected chi connectivity index (χ3v) is 4.40. The van der Waals surface area contributed by atoms with Crippen molar-refractivity contribution in [3.63, 3.8) is 0 Å². The zero-order chi connectivity index (χ0) is 18.3. The Morgan fingerprint density at radius 3 is 2.85 bits per heavy atom. The summed E-state index contributed by atoms with van der Waals surface area (Å²) < 4.78 is 26.9. The van der Waals surface area contributed by atoms with Gasteiger partial charge in [-0.05, 0) is 36.8 Å². The Morgan fingerprint density at radius 1 is 1.27 bits per heavy atom. The molecule has 0 atom stereocenters. The summed E-state index contributed by atoms with van der Waals surface area (Å²) in [7, 11) is 0. The maximum Gasteiger partial charge on any atom is 0.255 e. The first-order valence-electron chi connectivity index (χ1n) is 8.08. The van der Waals surface area contributed by atoms with Crippen molar-refractivity contribution in [3.8, 4) is 16.9 Å². The molecule has 0 aliphatic carbocycles. The summed E-state index contributed by atoms with van der Waals surface area (Å²) in [6.07, 6.45) is 0.823. The zero-order valence-electron chi connectivity index (χ0n) is 13.9. The second kappa shape index (κ2) is 6.29. The fourth-order valence-corrected chi connectivity index (χ4v) is 3.16. The number of pyridine rings is 1. The minimum atomic E-state index is -2.55. The van der Waals surface area contributed by atoms with Crippen molar-refractivity contribution in [2.75, 3.05) is 6.54 Å². The maximum atomic E-state index is 12.6. The molecule has 0 spiro atoms. The lowest BCUT2D eigenvalue weighted by Gasteiger charge is -2.13. The molecule has 0 saturated heterocycles. The number of carbonyl (C=O) groups excluding carboxylic acids is 1. The van der Waals surface area contributed by atoms with Crippen molar-refractivity contribution in [2.45, 2.75) is 19.9 Å². The lowest BCUT2D eigenvalue weighted by atomic mass is 10.0. The fourth-order valence-electron chi connectivity index (χ4n) is 3.16. The Kier molecular flexibility index (Phi) is 3.95. The molecule has 0 radical (unpaired) electrons. The minimum Gasteiger partial charge on any atom is -0.329 e. The number of halogens is 2. The molecule has 0 N–H and O–H groups in total. The zero-order valence-corrected chi connectivity index (χ0v) is 13.9. The van der Waals surface area contributed by atoms with Crippen LogP contribution in [0.5, 0.6) is 0 Å². The summed E-state index contributed by atoms with van der Waals surface area (Å²) in [5.41, 5.74) is 4.28. The molecule has 0 bridgehead atoms. The van der Waals surface area contributed by atoms with Gasteiger partial charge >= 0.3 is 0 Å². The van der Waals surface area contributed by atoms with Crippen LogP contribution in [0.4, 0.5) is 8.78 Å². The van der Waals surface area contributed by atoms with Crippen molar-refractivity contribution < 1.29 is 13.6 Å². The van der Waals surface area contributed by atoms with Gasteiger partial charge in [-0.15, -0.1) is 5.10 Å². The van der Waals surface area contributed by atoms with E-state index in [1.54, 1.807) is 29.2 Å². The molecule has 4 rings (SSSR count). The number of carbonyl (C=O) groups is 1. The summed E-state index contributed by atoms with van der Waals surface area (Å²) in [4.78, 5) is 17.4. The van der Waals surface area contributed by atoms with Crippen LogP contribution in [0, 0.1) is 6.92 Å². The van der Waals surface area contributed by atoms with Gasteiger partial charge in [0.05, 0.1) is 24.1 Å². The summed E-state index contributed by atoms with van der Waals surface area (Å²) in [5, 5.41) is 8.42. The molecule has 1 amide bonds. The minimum absolute atomic E-state index is 0.183. The fraction of sp³-hybridized carbons (Fsp3) is 0.222. The lowest BCUT2D eigenvalue weighted by Crippen LogP contribution is -2.29. The van der Waals surface area contributed by atoms with Gasteiger partial charge in [-0.2, -0.15) is 0 Å². The average molecular weight is 355 g/mol. The third kappa shape index (κ3) is 2.73. The van der Waals surface area contributed by atoms with E-state index in [1.165, 1.54) is 4.90 Å². The lowest BCUT2D eigenvalue weighted by molar-refractivity contribution is 0.0577. The highest BCUT2D eigenvalue weighted by molar-refractivity contribution is 5.99. The van der Waals surface area contributed by atoms with E-state index in [1.807, 2.05) is 25.1 Å². The molecule has 0 unspecified atom stereocenters. The molecule has 132 valence electrons. The largest absolute Gasteiger partial charge is 0.329 e. The number of hydrogen-bond acceptors (Lipinski definition) is 4. The van der Waals surface area contributed by atoms with Gasteiger partial charge in [-0.3, -0.25) is 9.78 Å². The molecule has 26 heavy (non-hydrogen) atoms. The normalized spacial score (nSPS) is 13.5. The van der Waals surface area contributed by atoms with E-state index in [0.29, 0.717) is 11.3 Å². The Balaban J connectivity index is 1.68. The molecular formula is C18H15F2N5O. The number of nitrogens with zero attached hydrogens (tertiary/aromatic N) is 5. The summed E-state index contributed by atoms with van der Waals surface area (Å²) in [5.74, 6) is -0.359. The van der Waals surface area contributed by atoms with Crippen LogP contribution in [0.1, 0.15) is 21.6 Å². The third-order valence-electron chi connectivity index (χ3n) is 4.40. The number of fused-ring (bicyclic) bond motifs is 1. The number of alkyl halides is 2. The Hall–Kier alpha value is -3.16. The van der Waals surface area contributed by atoms with Gasteiger partial charge in [0.25, 0.3) is 12.3 Å². The quantitative estimate of drug-likeness (QED) is 0.722. The number of amides is 1. The molecular weight excluding hydrogens is 340 g/mol. The second-order valence-corrected chi connectivity index (χ2v) is 6.10. The summed E-state index contributed by atoms with van der Waals surface area (Å²) in [6, 6.07) is 8.95. The van der Waals surface area contributed by atoms with Crippen LogP contribution in [0.15, 0.2) is 42.7 Å². The van der Waals surface area contributed by atoms with Crippen molar-refractivity contribution in [2.24, 2.45) is 0 Å². The first kappa shape index (κ1) is 16.3. The van der Waals surface area contributed by atoms with E-state index in [4.69, 9.17) is 0 Å². The molecule has 1 aliphatic rings.